The summed E-state index contributed by atoms with van der Waals surface area (Å²) in [7, 11) is 0. The number of hydrogen-bond donors (Lipinski definition) is 2. The molecule has 1 fully saturated rings. The first-order valence-electron chi connectivity index (χ1n) is 7.17. The largest absolute Gasteiger partial charge is 0.481 e. The first-order chi connectivity index (χ1) is 9.59. The highest BCUT2D eigenvalue weighted by atomic mass is 16.4. The van der Waals surface area contributed by atoms with E-state index >= 15 is 0 Å². The van der Waals surface area contributed by atoms with Crippen LogP contribution >= 0.6 is 0 Å². The van der Waals surface area contributed by atoms with Crippen LogP contribution in [0.15, 0.2) is 30.3 Å². The minimum Gasteiger partial charge on any atom is -0.481 e. The predicted molar refractivity (Wildman–Crippen MR) is 76.1 cm³/mol. The van der Waals surface area contributed by atoms with Crippen molar-refractivity contribution in [2.75, 3.05) is 0 Å². The van der Waals surface area contributed by atoms with Crippen molar-refractivity contribution < 1.29 is 14.7 Å². The summed E-state index contributed by atoms with van der Waals surface area (Å²) in [5.74, 6) is -1.91. The molecule has 0 aromatic heterocycles. The predicted octanol–water partition coefficient (Wildman–Crippen LogP) is 2.75. The van der Waals surface area contributed by atoms with Gasteiger partial charge in [-0.1, -0.05) is 43.2 Å². The van der Waals surface area contributed by atoms with Crippen molar-refractivity contribution in [3.63, 3.8) is 0 Å². The van der Waals surface area contributed by atoms with Gasteiger partial charge in [0.1, 0.15) is 0 Å². The number of carbonyl (C=O) groups is 2. The van der Waals surface area contributed by atoms with E-state index in [1.54, 1.807) is 0 Å². The summed E-state index contributed by atoms with van der Waals surface area (Å²) < 4.78 is 0. The maximum atomic E-state index is 12.3. The van der Waals surface area contributed by atoms with E-state index in [1.165, 1.54) is 0 Å². The zero-order chi connectivity index (χ0) is 14.5. The van der Waals surface area contributed by atoms with E-state index in [2.05, 4.69) is 5.32 Å². The fourth-order valence-electron chi connectivity index (χ4n) is 2.89. The van der Waals surface area contributed by atoms with Crippen LogP contribution in [0.2, 0.25) is 0 Å². The lowest BCUT2D eigenvalue weighted by molar-refractivity contribution is -0.149. The lowest BCUT2D eigenvalue weighted by atomic mass is 9.78. The number of amides is 1. The number of rotatable bonds is 4. The Balaban J connectivity index is 2.01. The SMILES string of the molecule is C[C@H](NC(=O)[C@@H]1CCCC[C@H]1C(=O)O)c1ccccc1. The summed E-state index contributed by atoms with van der Waals surface area (Å²) in [4.78, 5) is 23.6. The summed E-state index contributed by atoms with van der Waals surface area (Å²) >= 11 is 0. The van der Waals surface area contributed by atoms with Crippen molar-refractivity contribution in [1.29, 1.82) is 0 Å². The van der Waals surface area contributed by atoms with Gasteiger partial charge in [-0.25, -0.2) is 0 Å². The van der Waals surface area contributed by atoms with Gasteiger partial charge in [0.05, 0.1) is 17.9 Å². The maximum absolute atomic E-state index is 12.3. The molecular formula is C16H21NO3. The molecular weight excluding hydrogens is 254 g/mol. The molecule has 1 aromatic rings. The van der Waals surface area contributed by atoms with Crippen LogP contribution in [0.3, 0.4) is 0 Å². The van der Waals surface area contributed by atoms with Gasteiger partial charge in [-0.15, -0.1) is 0 Å². The molecule has 108 valence electrons. The molecule has 20 heavy (non-hydrogen) atoms. The first kappa shape index (κ1) is 14.6. The standard InChI is InChI=1S/C16H21NO3/c1-11(12-7-3-2-4-8-12)17-15(18)13-9-5-6-10-14(13)16(19)20/h2-4,7-8,11,13-14H,5-6,9-10H2,1H3,(H,17,18)(H,19,20)/t11-,13+,14+/m0/s1. The molecule has 4 heteroatoms. The van der Waals surface area contributed by atoms with Gasteiger partial charge in [-0.2, -0.15) is 0 Å². The van der Waals surface area contributed by atoms with E-state index in [-0.39, 0.29) is 11.9 Å². The molecule has 0 radical (unpaired) electrons. The van der Waals surface area contributed by atoms with Gasteiger partial charge in [0.2, 0.25) is 5.91 Å². The zero-order valence-corrected chi connectivity index (χ0v) is 11.7. The maximum Gasteiger partial charge on any atom is 0.307 e. The molecule has 4 nitrogen and oxygen atoms in total. The monoisotopic (exact) mass is 275 g/mol. The van der Waals surface area contributed by atoms with E-state index in [0.29, 0.717) is 12.8 Å². The van der Waals surface area contributed by atoms with Gasteiger partial charge in [-0.3, -0.25) is 9.59 Å². The Hall–Kier alpha value is -1.84. The van der Waals surface area contributed by atoms with Crippen LogP contribution in [0.4, 0.5) is 0 Å². The summed E-state index contributed by atoms with van der Waals surface area (Å²) in [6.07, 6.45) is 3.11. The third kappa shape index (κ3) is 3.38. The molecule has 0 aliphatic heterocycles. The van der Waals surface area contributed by atoms with Crippen LogP contribution in [-0.4, -0.2) is 17.0 Å². The quantitative estimate of drug-likeness (QED) is 0.888. The minimum atomic E-state index is -0.850. The second kappa shape index (κ2) is 6.55. The number of nitrogens with one attached hydrogen (secondary N) is 1. The average molecular weight is 275 g/mol. The van der Waals surface area contributed by atoms with Crippen molar-refractivity contribution in [3.8, 4) is 0 Å². The molecule has 1 saturated carbocycles. The van der Waals surface area contributed by atoms with Gasteiger partial charge in [0.15, 0.2) is 0 Å². The second-order valence-corrected chi connectivity index (χ2v) is 5.48. The molecule has 0 saturated heterocycles. The number of carbonyl (C=O) groups excluding carboxylic acids is 1. The van der Waals surface area contributed by atoms with E-state index in [4.69, 9.17) is 0 Å². The van der Waals surface area contributed by atoms with Gasteiger partial charge >= 0.3 is 5.97 Å². The Morgan fingerprint density at radius 3 is 2.35 bits per heavy atom. The summed E-state index contributed by atoms with van der Waals surface area (Å²) in [5.41, 5.74) is 1.03. The van der Waals surface area contributed by atoms with Crippen LogP contribution in [-0.2, 0) is 9.59 Å². The highest BCUT2D eigenvalue weighted by Gasteiger charge is 2.36. The second-order valence-electron chi connectivity index (χ2n) is 5.48. The van der Waals surface area contributed by atoms with Gasteiger partial charge in [0, 0.05) is 0 Å². The van der Waals surface area contributed by atoms with Crippen molar-refractivity contribution in [3.05, 3.63) is 35.9 Å². The Morgan fingerprint density at radius 1 is 1.15 bits per heavy atom. The van der Waals surface area contributed by atoms with E-state index in [1.807, 2.05) is 37.3 Å². The summed E-state index contributed by atoms with van der Waals surface area (Å²) in [5, 5.41) is 12.2. The highest BCUT2D eigenvalue weighted by Crippen LogP contribution is 2.31. The average Bonchev–Trinajstić information content (AvgIpc) is 2.48. The lowest BCUT2D eigenvalue weighted by Crippen LogP contribution is -2.40. The molecule has 1 amide bonds. The zero-order valence-electron chi connectivity index (χ0n) is 11.7. The van der Waals surface area contributed by atoms with Crippen molar-refractivity contribution >= 4 is 11.9 Å². The Morgan fingerprint density at radius 2 is 1.75 bits per heavy atom. The first-order valence-corrected chi connectivity index (χ1v) is 7.17. The van der Waals surface area contributed by atoms with Crippen LogP contribution in [0, 0.1) is 11.8 Å². The molecule has 2 rings (SSSR count). The fraction of sp³-hybridized carbons (Fsp3) is 0.500. The summed E-state index contributed by atoms with van der Waals surface area (Å²) in [6.45, 7) is 1.92. The number of carboxylic acids is 1. The smallest absolute Gasteiger partial charge is 0.307 e. The van der Waals surface area contributed by atoms with Gasteiger partial charge in [-0.05, 0) is 25.3 Å². The molecule has 0 spiro atoms. The third-order valence-electron chi connectivity index (χ3n) is 4.08. The number of hydrogen-bond acceptors (Lipinski definition) is 2. The van der Waals surface area contributed by atoms with E-state index < -0.39 is 17.8 Å². The summed E-state index contributed by atoms with van der Waals surface area (Å²) in [6, 6.07) is 9.61. The van der Waals surface area contributed by atoms with Crippen molar-refractivity contribution in [1.82, 2.24) is 5.32 Å². The Kier molecular flexibility index (Phi) is 4.77. The lowest BCUT2D eigenvalue weighted by Gasteiger charge is -2.28. The minimum absolute atomic E-state index is 0.0972. The number of carboxylic acid groups (broad SMARTS) is 1. The molecule has 1 aliphatic rings. The molecule has 0 unspecified atom stereocenters. The van der Waals surface area contributed by atoms with Crippen molar-refractivity contribution in [2.45, 2.75) is 38.6 Å². The molecule has 0 heterocycles. The molecule has 1 aliphatic carbocycles. The van der Waals surface area contributed by atoms with E-state index in [0.717, 1.165) is 18.4 Å². The molecule has 0 bridgehead atoms. The topological polar surface area (TPSA) is 66.4 Å². The molecule has 2 N–H and O–H groups in total. The van der Waals surface area contributed by atoms with Crippen LogP contribution < -0.4 is 5.32 Å². The van der Waals surface area contributed by atoms with Crippen molar-refractivity contribution in [2.24, 2.45) is 11.8 Å². The van der Waals surface area contributed by atoms with Gasteiger partial charge in [0.25, 0.3) is 0 Å². The van der Waals surface area contributed by atoms with Crippen LogP contribution in [0.25, 0.3) is 0 Å². The Bertz CT molecular complexity index is 472. The molecule has 3 atom stereocenters. The van der Waals surface area contributed by atoms with Gasteiger partial charge < -0.3 is 10.4 Å². The Labute approximate surface area is 119 Å². The number of benzene rings is 1. The number of aliphatic carboxylic acids is 1. The fourth-order valence-corrected chi connectivity index (χ4v) is 2.89. The van der Waals surface area contributed by atoms with Crippen LogP contribution in [0.1, 0.15) is 44.2 Å². The third-order valence-corrected chi connectivity index (χ3v) is 4.08. The normalized spacial score (nSPS) is 23.9. The van der Waals surface area contributed by atoms with E-state index in [9.17, 15) is 14.7 Å². The molecule has 1 aromatic carbocycles. The highest BCUT2D eigenvalue weighted by molar-refractivity contribution is 5.85. The van der Waals surface area contributed by atoms with Crippen LogP contribution in [0.5, 0.6) is 0 Å².